The van der Waals surface area contributed by atoms with Crippen LogP contribution >= 0.6 is 0 Å². The highest BCUT2D eigenvalue weighted by molar-refractivity contribution is 5.68. The lowest BCUT2D eigenvalue weighted by molar-refractivity contribution is 0.291. The molecule has 92 valence electrons. The van der Waals surface area contributed by atoms with E-state index in [9.17, 15) is 4.79 Å². The molecule has 0 aliphatic heterocycles. The molecule has 2 aromatic rings. The fraction of sp³-hybridized carbons (Fsp3) is 0.545. The van der Waals surface area contributed by atoms with Gasteiger partial charge >= 0.3 is 0 Å². The van der Waals surface area contributed by atoms with Gasteiger partial charge in [0.1, 0.15) is 0 Å². The molecule has 0 saturated carbocycles. The molecule has 0 fully saturated rings. The van der Waals surface area contributed by atoms with E-state index in [2.05, 4.69) is 33.7 Å². The molecular formula is C11H17N5O. The van der Waals surface area contributed by atoms with Gasteiger partial charge in [-0.05, 0) is 13.1 Å². The molecule has 0 aromatic carbocycles. The van der Waals surface area contributed by atoms with Crippen LogP contribution in [0.4, 0.5) is 0 Å². The van der Waals surface area contributed by atoms with E-state index in [0.717, 1.165) is 26.2 Å². The minimum atomic E-state index is -0.184. The predicted octanol–water partition coefficient (Wildman–Crippen LogP) is 0.461. The average Bonchev–Trinajstić information content (AvgIpc) is 2.75. The van der Waals surface area contributed by atoms with E-state index in [-0.39, 0.29) is 5.56 Å². The van der Waals surface area contributed by atoms with Gasteiger partial charge in [-0.15, -0.1) is 0 Å². The molecule has 6 nitrogen and oxygen atoms in total. The van der Waals surface area contributed by atoms with Crippen molar-refractivity contribution < 1.29 is 0 Å². The van der Waals surface area contributed by atoms with E-state index >= 15 is 0 Å². The number of hydrogen-bond acceptors (Lipinski definition) is 4. The summed E-state index contributed by atoms with van der Waals surface area (Å²) in [6.07, 6.45) is 3.09. The third kappa shape index (κ3) is 2.36. The Morgan fingerprint density at radius 1 is 1.35 bits per heavy atom. The summed E-state index contributed by atoms with van der Waals surface area (Å²) in [5, 5.41) is 0. The smallest absolute Gasteiger partial charge is 0.278 e. The number of aromatic nitrogens is 4. The van der Waals surface area contributed by atoms with Gasteiger partial charge in [0.15, 0.2) is 11.2 Å². The third-order valence-electron chi connectivity index (χ3n) is 2.96. The van der Waals surface area contributed by atoms with Gasteiger partial charge in [-0.25, -0.2) is 9.97 Å². The van der Waals surface area contributed by atoms with Crippen molar-refractivity contribution in [2.75, 3.05) is 19.6 Å². The van der Waals surface area contributed by atoms with Crippen LogP contribution in [0, 0.1) is 0 Å². The van der Waals surface area contributed by atoms with Crippen molar-refractivity contribution in [3.63, 3.8) is 0 Å². The van der Waals surface area contributed by atoms with E-state index in [1.807, 2.05) is 4.57 Å². The fourth-order valence-electron chi connectivity index (χ4n) is 1.84. The lowest BCUT2D eigenvalue weighted by Crippen LogP contribution is -2.27. The van der Waals surface area contributed by atoms with Gasteiger partial charge in [0, 0.05) is 13.1 Å². The maximum absolute atomic E-state index is 11.5. The summed E-state index contributed by atoms with van der Waals surface area (Å²) in [5.41, 5.74) is 0.879. The van der Waals surface area contributed by atoms with Crippen molar-refractivity contribution in [1.82, 2.24) is 24.4 Å². The first kappa shape index (κ1) is 11.8. The summed E-state index contributed by atoms with van der Waals surface area (Å²) in [6.45, 7) is 8.06. The zero-order valence-electron chi connectivity index (χ0n) is 10.2. The van der Waals surface area contributed by atoms with Gasteiger partial charge in [-0.1, -0.05) is 13.8 Å². The van der Waals surface area contributed by atoms with Crippen molar-refractivity contribution in [3.8, 4) is 0 Å². The molecule has 0 atom stereocenters. The minimum absolute atomic E-state index is 0.184. The Morgan fingerprint density at radius 3 is 2.82 bits per heavy atom. The van der Waals surface area contributed by atoms with Crippen LogP contribution in [0.25, 0.3) is 11.2 Å². The summed E-state index contributed by atoms with van der Waals surface area (Å²) in [4.78, 5) is 24.5. The maximum Gasteiger partial charge on any atom is 0.278 e. The van der Waals surface area contributed by atoms with E-state index < -0.39 is 0 Å². The Bertz CT molecular complexity index is 540. The molecule has 0 unspecified atom stereocenters. The molecular weight excluding hydrogens is 218 g/mol. The molecule has 2 rings (SSSR count). The maximum atomic E-state index is 11.5. The number of nitrogens with zero attached hydrogens (tertiary/aromatic N) is 4. The summed E-state index contributed by atoms with van der Waals surface area (Å²) < 4.78 is 1.92. The number of aromatic amines is 1. The molecule has 1 N–H and O–H groups in total. The Kier molecular flexibility index (Phi) is 3.53. The van der Waals surface area contributed by atoms with Crippen LogP contribution < -0.4 is 5.56 Å². The normalized spacial score (nSPS) is 11.5. The highest BCUT2D eigenvalue weighted by Gasteiger charge is 2.07. The lowest BCUT2D eigenvalue weighted by atomic mass is 10.4. The largest absolute Gasteiger partial charge is 0.314 e. The van der Waals surface area contributed by atoms with E-state index in [4.69, 9.17) is 0 Å². The van der Waals surface area contributed by atoms with E-state index in [0.29, 0.717) is 11.2 Å². The minimum Gasteiger partial charge on any atom is -0.314 e. The van der Waals surface area contributed by atoms with Gasteiger partial charge in [-0.3, -0.25) is 4.79 Å². The van der Waals surface area contributed by atoms with Crippen molar-refractivity contribution in [2.45, 2.75) is 20.4 Å². The molecule has 17 heavy (non-hydrogen) atoms. The zero-order chi connectivity index (χ0) is 12.3. The number of imidazole rings is 1. The Balaban J connectivity index is 2.20. The van der Waals surface area contributed by atoms with Gasteiger partial charge in [0.2, 0.25) is 0 Å². The van der Waals surface area contributed by atoms with Crippen molar-refractivity contribution >= 4 is 11.2 Å². The van der Waals surface area contributed by atoms with Crippen LogP contribution in [0.15, 0.2) is 17.4 Å². The molecule has 0 spiro atoms. The second-order valence-electron chi connectivity index (χ2n) is 3.87. The molecule has 0 amide bonds. The number of rotatable bonds is 5. The molecule has 0 radical (unpaired) electrons. The van der Waals surface area contributed by atoms with Gasteiger partial charge in [0.25, 0.3) is 5.56 Å². The van der Waals surface area contributed by atoms with Crippen molar-refractivity contribution in [1.29, 1.82) is 0 Å². The van der Waals surface area contributed by atoms with Crippen LogP contribution in [0.3, 0.4) is 0 Å². The van der Waals surface area contributed by atoms with Gasteiger partial charge < -0.3 is 14.5 Å². The molecule has 6 heteroatoms. The summed E-state index contributed by atoms with van der Waals surface area (Å²) >= 11 is 0. The van der Waals surface area contributed by atoms with E-state index in [1.165, 1.54) is 6.33 Å². The fourth-order valence-corrected chi connectivity index (χ4v) is 1.84. The van der Waals surface area contributed by atoms with Gasteiger partial charge in [-0.2, -0.15) is 0 Å². The molecule has 2 heterocycles. The second kappa shape index (κ2) is 5.09. The first-order chi connectivity index (χ1) is 8.26. The number of hydrogen-bond donors (Lipinski definition) is 1. The molecule has 0 bridgehead atoms. The quantitative estimate of drug-likeness (QED) is 0.817. The zero-order valence-corrected chi connectivity index (χ0v) is 10.2. The van der Waals surface area contributed by atoms with Crippen LogP contribution in [0.1, 0.15) is 13.8 Å². The average molecular weight is 235 g/mol. The van der Waals surface area contributed by atoms with Crippen LogP contribution in [0.2, 0.25) is 0 Å². The van der Waals surface area contributed by atoms with E-state index in [1.54, 1.807) is 6.33 Å². The third-order valence-corrected chi connectivity index (χ3v) is 2.96. The van der Waals surface area contributed by atoms with Crippen molar-refractivity contribution in [2.24, 2.45) is 0 Å². The number of nitrogens with one attached hydrogen (secondary N) is 1. The number of H-pyrrole nitrogens is 1. The Hall–Kier alpha value is -1.69. The van der Waals surface area contributed by atoms with Crippen molar-refractivity contribution in [3.05, 3.63) is 23.0 Å². The highest BCUT2D eigenvalue weighted by atomic mass is 16.1. The first-order valence-electron chi connectivity index (χ1n) is 5.87. The lowest BCUT2D eigenvalue weighted by Gasteiger charge is -2.17. The standard InChI is InChI=1S/C11H17N5O/c1-3-15(4-2)5-6-16-8-14-9-10(16)12-7-13-11(9)17/h7-8H,3-6H2,1-2H3,(H,12,13,17). The summed E-state index contributed by atoms with van der Waals surface area (Å²) in [7, 11) is 0. The first-order valence-corrected chi connectivity index (χ1v) is 5.87. The molecule has 0 aliphatic carbocycles. The Labute approximate surface area is 99.3 Å². The van der Waals surface area contributed by atoms with Crippen LogP contribution in [-0.4, -0.2) is 44.1 Å². The molecule has 0 aliphatic rings. The van der Waals surface area contributed by atoms with Gasteiger partial charge in [0.05, 0.1) is 12.7 Å². The Morgan fingerprint density at radius 2 is 2.12 bits per heavy atom. The summed E-state index contributed by atoms with van der Waals surface area (Å²) in [6, 6.07) is 0. The second-order valence-corrected chi connectivity index (χ2v) is 3.87. The SMILES string of the molecule is CCN(CC)CCn1cnc2c(=O)[nH]cnc21. The molecule has 0 saturated heterocycles. The predicted molar refractivity (Wildman–Crippen MR) is 65.9 cm³/mol. The highest BCUT2D eigenvalue weighted by Crippen LogP contribution is 2.03. The molecule has 2 aromatic heterocycles. The number of likely N-dealkylation sites (N-methyl/N-ethyl adjacent to an activating group) is 1. The van der Waals surface area contributed by atoms with Crippen LogP contribution in [-0.2, 0) is 6.54 Å². The summed E-state index contributed by atoms with van der Waals surface area (Å²) in [5.74, 6) is 0. The van der Waals surface area contributed by atoms with Crippen LogP contribution in [0.5, 0.6) is 0 Å². The monoisotopic (exact) mass is 235 g/mol. The number of fused-ring (bicyclic) bond motifs is 1. The topological polar surface area (TPSA) is 66.8 Å².